The minimum atomic E-state index is -0.352. The molecule has 4 heteroatoms. The van der Waals surface area contributed by atoms with E-state index in [4.69, 9.17) is 9.47 Å². The van der Waals surface area contributed by atoms with Gasteiger partial charge in [-0.15, -0.1) is 0 Å². The summed E-state index contributed by atoms with van der Waals surface area (Å²) in [6.07, 6.45) is 1.28. The topological polar surface area (TPSA) is 35.5 Å². The summed E-state index contributed by atoms with van der Waals surface area (Å²) in [6.45, 7) is 7.19. The molecule has 1 aliphatic heterocycles. The third-order valence-electron chi connectivity index (χ3n) is 2.86. The zero-order valence-electron chi connectivity index (χ0n) is 9.64. The van der Waals surface area contributed by atoms with E-state index in [1.165, 1.54) is 0 Å². The van der Waals surface area contributed by atoms with Crippen molar-refractivity contribution in [2.75, 3.05) is 18.5 Å². The molecule has 88 valence electrons. The summed E-state index contributed by atoms with van der Waals surface area (Å²) >= 11 is 3.42. The molecule has 1 fully saturated rings. The van der Waals surface area contributed by atoms with Crippen molar-refractivity contribution in [2.24, 2.45) is 5.41 Å². The van der Waals surface area contributed by atoms with Gasteiger partial charge in [-0.05, 0) is 20.3 Å². The number of carbonyl (C=O) groups is 1. The summed E-state index contributed by atoms with van der Waals surface area (Å²) in [6, 6.07) is 0. The van der Waals surface area contributed by atoms with Gasteiger partial charge in [-0.25, -0.2) is 0 Å². The predicted octanol–water partition coefficient (Wildman–Crippen LogP) is 2.52. The van der Waals surface area contributed by atoms with Crippen molar-refractivity contribution in [3.8, 4) is 0 Å². The third kappa shape index (κ3) is 3.45. The van der Waals surface area contributed by atoms with Gasteiger partial charge in [-0.1, -0.05) is 22.9 Å². The lowest BCUT2D eigenvalue weighted by Gasteiger charge is -2.39. The molecule has 0 saturated carbocycles. The lowest BCUT2D eigenvalue weighted by molar-refractivity contribution is -0.169. The Morgan fingerprint density at radius 2 is 2.13 bits per heavy atom. The average molecular weight is 279 g/mol. The van der Waals surface area contributed by atoms with Gasteiger partial charge in [0.1, 0.15) is 5.60 Å². The summed E-state index contributed by atoms with van der Waals surface area (Å²) in [5, 5.41) is 0.793. The van der Waals surface area contributed by atoms with Crippen molar-refractivity contribution in [2.45, 2.75) is 39.2 Å². The lowest BCUT2D eigenvalue weighted by atomic mass is 9.85. The van der Waals surface area contributed by atoms with Crippen LogP contribution in [0, 0.1) is 5.41 Å². The van der Waals surface area contributed by atoms with E-state index in [-0.39, 0.29) is 17.0 Å². The Kier molecular flexibility index (Phi) is 4.18. The van der Waals surface area contributed by atoms with E-state index in [2.05, 4.69) is 15.9 Å². The van der Waals surface area contributed by atoms with Gasteiger partial charge in [0.25, 0.3) is 0 Å². The summed E-state index contributed by atoms with van der Waals surface area (Å²) in [5.74, 6) is -0.121. The fourth-order valence-electron chi connectivity index (χ4n) is 1.34. The second-order valence-corrected chi connectivity index (χ2v) is 5.45. The molecule has 0 bridgehead atoms. The van der Waals surface area contributed by atoms with Crippen LogP contribution in [0.2, 0.25) is 0 Å². The second kappa shape index (κ2) is 4.83. The molecular weight excluding hydrogens is 260 g/mol. The highest BCUT2D eigenvalue weighted by molar-refractivity contribution is 9.09. The van der Waals surface area contributed by atoms with Gasteiger partial charge in [0.05, 0.1) is 19.6 Å². The molecular formula is C11H19BrO3. The van der Waals surface area contributed by atoms with Crippen LogP contribution in [0.15, 0.2) is 0 Å². The molecule has 0 radical (unpaired) electrons. The molecule has 0 unspecified atom stereocenters. The highest BCUT2D eigenvalue weighted by atomic mass is 79.9. The number of alkyl halides is 1. The average Bonchev–Trinajstić information content (AvgIpc) is 2.11. The number of rotatable bonds is 5. The number of halogens is 1. The molecule has 0 amide bonds. The molecule has 1 aliphatic rings. The smallest absolute Gasteiger partial charge is 0.307 e. The van der Waals surface area contributed by atoms with E-state index in [9.17, 15) is 4.79 Å². The van der Waals surface area contributed by atoms with Gasteiger partial charge in [0, 0.05) is 10.7 Å². The summed E-state index contributed by atoms with van der Waals surface area (Å²) in [7, 11) is 0. The van der Waals surface area contributed by atoms with Gasteiger partial charge in [0.2, 0.25) is 0 Å². The van der Waals surface area contributed by atoms with Crippen molar-refractivity contribution < 1.29 is 14.3 Å². The van der Waals surface area contributed by atoms with Crippen molar-refractivity contribution in [3.63, 3.8) is 0 Å². The maximum absolute atomic E-state index is 11.7. The molecule has 1 rings (SSSR count). The van der Waals surface area contributed by atoms with Crippen LogP contribution in [0.1, 0.15) is 33.6 Å². The van der Waals surface area contributed by atoms with Crippen LogP contribution in [0.5, 0.6) is 0 Å². The molecule has 0 atom stereocenters. The Bertz CT molecular complexity index is 228. The zero-order valence-corrected chi connectivity index (χ0v) is 11.2. The van der Waals surface area contributed by atoms with Crippen LogP contribution in [0.4, 0.5) is 0 Å². The van der Waals surface area contributed by atoms with Gasteiger partial charge in [-0.3, -0.25) is 4.79 Å². The van der Waals surface area contributed by atoms with E-state index in [1.54, 1.807) is 0 Å². The zero-order chi connectivity index (χ0) is 11.5. The van der Waals surface area contributed by atoms with Crippen molar-refractivity contribution in [1.29, 1.82) is 0 Å². The number of hydrogen-bond donors (Lipinski definition) is 0. The fraction of sp³-hybridized carbons (Fsp3) is 0.909. The van der Waals surface area contributed by atoms with Crippen molar-refractivity contribution >= 4 is 21.9 Å². The normalized spacial score (nSPS) is 19.5. The Morgan fingerprint density at radius 3 is 2.47 bits per heavy atom. The van der Waals surface area contributed by atoms with Crippen LogP contribution < -0.4 is 0 Å². The number of esters is 1. The number of carbonyl (C=O) groups excluding carboxylic acids is 1. The van der Waals surface area contributed by atoms with Crippen LogP contribution in [0.25, 0.3) is 0 Å². The molecule has 1 saturated heterocycles. The van der Waals surface area contributed by atoms with Crippen molar-refractivity contribution in [3.05, 3.63) is 0 Å². The Balaban J connectivity index is 2.42. The summed E-state index contributed by atoms with van der Waals surface area (Å²) in [5.41, 5.74) is -0.379. The number of ether oxygens (including phenoxy) is 2. The molecule has 0 aliphatic carbocycles. The van der Waals surface area contributed by atoms with E-state index in [0.717, 1.165) is 11.8 Å². The van der Waals surface area contributed by atoms with Crippen LogP contribution >= 0.6 is 15.9 Å². The SMILES string of the molecule is CCC(C)(C)OC(=O)CC1(CBr)COC1. The third-order valence-corrected chi connectivity index (χ3v) is 4.05. The highest BCUT2D eigenvalue weighted by Crippen LogP contribution is 2.34. The van der Waals surface area contributed by atoms with Gasteiger partial charge >= 0.3 is 5.97 Å². The van der Waals surface area contributed by atoms with Crippen LogP contribution in [0.3, 0.4) is 0 Å². The predicted molar refractivity (Wildman–Crippen MR) is 62.1 cm³/mol. The quantitative estimate of drug-likeness (QED) is 0.573. The molecule has 0 aromatic heterocycles. The van der Waals surface area contributed by atoms with E-state index in [0.29, 0.717) is 19.6 Å². The first-order valence-electron chi connectivity index (χ1n) is 5.29. The molecule has 0 aromatic rings. The lowest BCUT2D eigenvalue weighted by Crippen LogP contribution is -2.46. The summed E-state index contributed by atoms with van der Waals surface area (Å²) in [4.78, 5) is 11.7. The highest BCUT2D eigenvalue weighted by Gasteiger charge is 2.40. The standard InChI is InChI=1S/C11H19BrO3/c1-4-10(2,3)15-9(13)5-11(6-12)7-14-8-11/h4-8H2,1-3H3. The van der Waals surface area contributed by atoms with Crippen LogP contribution in [-0.4, -0.2) is 30.1 Å². The summed E-state index contributed by atoms with van der Waals surface area (Å²) < 4.78 is 10.6. The minimum absolute atomic E-state index is 0.0269. The van der Waals surface area contributed by atoms with Gasteiger partial charge < -0.3 is 9.47 Å². The molecule has 0 aromatic carbocycles. The van der Waals surface area contributed by atoms with Gasteiger partial charge in [0.15, 0.2) is 0 Å². The Hall–Kier alpha value is -0.0900. The van der Waals surface area contributed by atoms with E-state index in [1.807, 2.05) is 20.8 Å². The van der Waals surface area contributed by atoms with E-state index >= 15 is 0 Å². The molecule has 15 heavy (non-hydrogen) atoms. The minimum Gasteiger partial charge on any atom is -0.460 e. The Labute approximate surface area is 99.6 Å². The van der Waals surface area contributed by atoms with Gasteiger partial charge in [-0.2, -0.15) is 0 Å². The number of hydrogen-bond acceptors (Lipinski definition) is 3. The van der Waals surface area contributed by atoms with Crippen molar-refractivity contribution in [1.82, 2.24) is 0 Å². The molecule has 0 N–H and O–H groups in total. The molecule has 0 spiro atoms. The van der Waals surface area contributed by atoms with Crippen LogP contribution in [-0.2, 0) is 14.3 Å². The maximum atomic E-state index is 11.7. The monoisotopic (exact) mass is 278 g/mol. The first kappa shape index (κ1) is 13.0. The maximum Gasteiger partial charge on any atom is 0.307 e. The first-order chi connectivity index (χ1) is 6.93. The fourth-order valence-corrected chi connectivity index (χ4v) is 1.86. The molecule has 1 heterocycles. The second-order valence-electron chi connectivity index (χ2n) is 4.89. The first-order valence-corrected chi connectivity index (χ1v) is 6.41. The Morgan fingerprint density at radius 1 is 1.53 bits per heavy atom. The molecule has 3 nitrogen and oxygen atoms in total. The largest absolute Gasteiger partial charge is 0.460 e. The van der Waals surface area contributed by atoms with E-state index < -0.39 is 0 Å².